The molecular weight excluding hydrogens is 292 g/mol. The van der Waals surface area contributed by atoms with E-state index in [1.165, 1.54) is 0 Å². The molecule has 0 radical (unpaired) electrons. The maximum absolute atomic E-state index is 12.5. The van der Waals surface area contributed by atoms with Crippen molar-refractivity contribution in [2.24, 2.45) is 0 Å². The van der Waals surface area contributed by atoms with Gasteiger partial charge in [-0.05, 0) is 44.4 Å². The van der Waals surface area contributed by atoms with Crippen molar-refractivity contribution in [1.29, 1.82) is 0 Å². The predicted molar refractivity (Wildman–Crippen MR) is 89.2 cm³/mol. The first-order chi connectivity index (χ1) is 11.1. The van der Waals surface area contributed by atoms with Gasteiger partial charge in [0.1, 0.15) is 11.9 Å². The number of anilines is 1. The van der Waals surface area contributed by atoms with E-state index in [0.717, 1.165) is 43.8 Å². The molecule has 0 spiro atoms. The zero-order valence-electron chi connectivity index (χ0n) is 13.9. The molecule has 2 heterocycles. The smallest absolute Gasteiger partial charge is 0.242 e. The molecule has 1 aromatic carbocycles. The summed E-state index contributed by atoms with van der Waals surface area (Å²) in [5.74, 6) is 0.956. The molecule has 0 aliphatic carbocycles. The number of ketones is 1. The van der Waals surface area contributed by atoms with E-state index in [1.807, 2.05) is 17.0 Å². The van der Waals surface area contributed by atoms with Crippen molar-refractivity contribution in [3.8, 4) is 5.75 Å². The second-order valence-corrected chi connectivity index (χ2v) is 6.36. The summed E-state index contributed by atoms with van der Waals surface area (Å²) in [6.07, 6.45) is 3.16. The van der Waals surface area contributed by atoms with Crippen molar-refractivity contribution in [3.05, 3.63) is 23.8 Å². The summed E-state index contributed by atoms with van der Waals surface area (Å²) >= 11 is 0. The minimum Gasteiger partial charge on any atom is -0.486 e. The van der Waals surface area contributed by atoms with E-state index in [2.05, 4.69) is 11.8 Å². The summed E-state index contributed by atoms with van der Waals surface area (Å²) in [4.78, 5) is 28.2. The van der Waals surface area contributed by atoms with E-state index >= 15 is 0 Å². The van der Waals surface area contributed by atoms with Gasteiger partial charge in [-0.25, -0.2) is 0 Å². The Balaban J connectivity index is 1.85. The van der Waals surface area contributed by atoms with Crippen molar-refractivity contribution < 1.29 is 14.3 Å². The quantitative estimate of drug-likeness (QED) is 0.801. The Hall–Kier alpha value is -2.04. The summed E-state index contributed by atoms with van der Waals surface area (Å²) in [7, 11) is 0. The van der Waals surface area contributed by atoms with E-state index in [9.17, 15) is 9.59 Å². The minimum atomic E-state index is 0.0243. The van der Waals surface area contributed by atoms with Crippen LogP contribution in [0.2, 0.25) is 0 Å². The molecule has 5 heteroatoms. The molecule has 2 aliphatic rings. The Kier molecular flexibility index (Phi) is 4.55. The molecule has 124 valence electrons. The van der Waals surface area contributed by atoms with E-state index in [1.54, 1.807) is 13.0 Å². The van der Waals surface area contributed by atoms with Crippen LogP contribution in [0.15, 0.2) is 18.2 Å². The van der Waals surface area contributed by atoms with Gasteiger partial charge in [-0.1, -0.05) is 6.92 Å². The average molecular weight is 316 g/mol. The number of hydrogen-bond donors (Lipinski definition) is 0. The highest BCUT2D eigenvalue weighted by molar-refractivity contribution is 5.96. The first-order valence-electron chi connectivity index (χ1n) is 8.43. The maximum atomic E-state index is 12.5. The van der Waals surface area contributed by atoms with Crippen LogP contribution < -0.4 is 9.64 Å². The monoisotopic (exact) mass is 316 g/mol. The molecule has 2 aliphatic heterocycles. The highest BCUT2D eigenvalue weighted by Crippen LogP contribution is 2.35. The van der Waals surface area contributed by atoms with E-state index < -0.39 is 0 Å². The number of benzene rings is 1. The Morgan fingerprint density at radius 1 is 1.26 bits per heavy atom. The number of Topliss-reactive ketones (excluding diaryl/α,β-unsaturated/α-hetero) is 1. The normalized spacial score (nSPS) is 20.2. The first kappa shape index (κ1) is 15.8. The number of hydrogen-bond acceptors (Lipinski definition) is 4. The Morgan fingerprint density at radius 2 is 2.00 bits per heavy atom. The molecule has 0 aromatic heterocycles. The Bertz CT molecular complexity index is 608. The lowest BCUT2D eigenvalue weighted by Gasteiger charge is -2.36. The molecule has 3 rings (SSSR count). The Labute approximate surface area is 137 Å². The predicted octanol–water partition coefficient (Wildman–Crippen LogP) is 2.49. The van der Waals surface area contributed by atoms with E-state index in [-0.39, 0.29) is 17.8 Å². The third-order valence-corrected chi connectivity index (χ3v) is 4.66. The zero-order chi connectivity index (χ0) is 16.4. The van der Waals surface area contributed by atoms with Gasteiger partial charge in [0, 0.05) is 18.7 Å². The molecule has 1 saturated heterocycles. The average Bonchev–Trinajstić information content (AvgIpc) is 3.08. The minimum absolute atomic E-state index is 0.0243. The lowest BCUT2D eigenvalue weighted by Crippen LogP contribution is -2.45. The van der Waals surface area contributed by atoms with Crippen LogP contribution in [0.4, 0.5) is 5.69 Å². The maximum Gasteiger partial charge on any atom is 0.242 e. The standard InChI is InChI=1S/C18H24N2O3/c1-3-15-11-20(12-18(22)19-8-4-5-9-19)16-10-14(13(2)21)6-7-17(16)23-15/h6-7,10,15H,3-5,8-9,11-12H2,1-2H3. The zero-order valence-corrected chi connectivity index (χ0v) is 13.9. The molecule has 0 bridgehead atoms. The number of ether oxygens (including phenoxy) is 1. The van der Waals surface area contributed by atoms with Crippen LogP contribution in [0.5, 0.6) is 5.75 Å². The number of amides is 1. The number of carbonyl (C=O) groups excluding carboxylic acids is 2. The second kappa shape index (κ2) is 6.60. The number of rotatable bonds is 4. The fraction of sp³-hybridized carbons (Fsp3) is 0.556. The van der Waals surface area contributed by atoms with Crippen molar-refractivity contribution in [2.45, 2.75) is 39.2 Å². The highest BCUT2D eigenvalue weighted by Gasteiger charge is 2.28. The Morgan fingerprint density at radius 3 is 2.65 bits per heavy atom. The van der Waals surface area contributed by atoms with Gasteiger partial charge >= 0.3 is 0 Å². The van der Waals surface area contributed by atoms with Gasteiger partial charge in [0.05, 0.1) is 18.8 Å². The number of likely N-dealkylation sites (tertiary alicyclic amines) is 1. The fourth-order valence-electron chi connectivity index (χ4n) is 3.24. The molecule has 0 saturated carbocycles. The second-order valence-electron chi connectivity index (χ2n) is 6.36. The molecule has 1 amide bonds. The third kappa shape index (κ3) is 3.33. The third-order valence-electron chi connectivity index (χ3n) is 4.66. The summed E-state index contributed by atoms with van der Waals surface area (Å²) in [5.41, 5.74) is 1.51. The van der Waals surface area contributed by atoms with Gasteiger partial charge in [-0.2, -0.15) is 0 Å². The van der Waals surface area contributed by atoms with Gasteiger partial charge in [-0.15, -0.1) is 0 Å². The van der Waals surface area contributed by atoms with Crippen LogP contribution in [0.3, 0.4) is 0 Å². The van der Waals surface area contributed by atoms with Crippen molar-refractivity contribution in [3.63, 3.8) is 0 Å². The van der Waals surface area contributed by atoms with Crippen molar-refractivity contribution >= 4 is 17.4 Å². The van der Waals surface area contributed by atoms with E-state index in [0.29, 0.717) is 18.7 Å². The molecule has 1 unspecified atom stereocenters. The molecule has 5 nitrogen and oxygen atoms in total. The molecule has 1 atom stereocenters. The van der Waals surface area contributed by atoms with Gasteiger partial charge in [0.25, 0.3) is 0 Å². The molecule has 1 fully saturated rings. The SMILES string of the molecule is CCC1CN(CC(=O)N2CCCC2)c2cc(C(C)=O)ccc2O1. The summed E-state index contributed by atoms with van der Waals surface area (Å²) in [6, 6.07) is 5.49. The van der Waals surface area contributed by atoms with Crippen LogP contribution in [-0.2, 0) is 4.79 Å². The van der Waals surface area contributed by atoms with Crippen LogP contribution in [0, 0.1) is 0 Å². The molecule has 23 heavy (non-hydrogen) atoms. The lowest BCUT2D eigenvalue weighted by molar-refractivity contribution is -0.128. The van der Waals surface area contributed by atoms with Crippen LogP contribution in [0.25, 0.3) is 0 Å². The lowest BCUT2D eigenvalue weighted by atomic mass is 10.1. The van der Waals surface area contributed by atoms with Gasteiger partial charge < -0.3 is 14.5 Å². The van der Waals surface area contributed by atoms with Gasteiger partial charge in [-0.3, -0.25) is 9.59 Å². The van der Waals surface area contributed by atoms with Crippen LogP contribution >= 0.6 is 0 Å². The molecule has 0 N–H and O–H groups in total. The molecule has 1 aromatic rings. The number of fused-ring (bicyclic) bond motifs is 1. The fourth-order valence-corrected chi connectivity index (χ4v) is 3.24. The summed E-state index contributed by atoms with van der Waals surface area (Å²) in [6.45, 7) is 6.40. The summed E-state index contributed by atoms with van der Waals surface area (Å²) < 4.78 is 5.98. The molecular formula is C18H24N2O3. The van der Waals surface area contributed by atoms with Crippen LogP contribution in [0.1, 0.15) is 43.5 Å². The first-order valence-corrected chi connectivity index (χ1v) is 8.43. The number of carbonyl (C=O) groups is 2. The van der Waals surface area contributed by atoms with Crippen molar-refractivity contribution in [1.82, 2.24) is 4.90 Å². The van der Waals surface area contributed by atoms with Gasteiger partial charge in [0.15, 0.2) is 5.78 Å². The van der Waals surface area contributed by atoms with E-state index in [4.69, 9.17) is 4.74 Å². The van der Waals surface area contributed by atoms with Crippen LogP contribution in [-0.4, -0.2) is 48.9 Å². The number of nitrogens with zero attached hydrogens (tertiary/aromatic N) is 2. The topological polar surface area (TPSA) is 49.9 Å². The van der Waals surface area contributed by atoms with Gasteiger partial charge in [0.2, 0.25) is 5.91 Å². The summed E-state index contributed by atoms with van der Waals surface area (Å²) in [5, 5.41) is 0. The highest BCUT2D eigenvalue weighted by atomic mass is 16.5. The van der Waals surface area contributed by atoms with Crippen molar-refractivity contribution in [2.75, 3.05) is 31.1 Å². The largest absolute Gasteiger partial charge is 0.486 e.